The molecule has 0 aromatic carbocycles. The van der Waals surface area contributed by atoms with E-state index in [4.69, 9.17) is 10.8 Å². The predicted molar refractivity (Wildman–Crippen MR) is 42.7 cm³/mol. The highest BCUT2D eigenvalue weighted by Crippen LogP contribution is 1.72. The molecule has 0 atom stereocenters. The molecule has 6 heteroatoms. The van der Waals surface area contributed by atoms with Gasteiger partial charge in [-0.2, -0.15) is 0 Å². The molecule has 2 amide bonds. The number of carbonyl (C=O) groups is 2. The number of amides is 2. The minimum Gasteiger partial charge on any atom is -0.465 e. The molecule has 0 bridgehead atoms. The summed E-state index contributed by atoms with van der Waals surface area (Å²) in [4.78, 5) is 20.6. The Balaban J connectivity index is 3.19. The van der Waals surface area contributed by atoms with Crippen molar-refractivity contribution in [2.45, 2.75) is 6.42 Å². The van der Waals surface area contributed by atoms with E-state index in [0.717, 1.165) is 0 Å². The van der Waals surface area contributed by atoms with Gasteiger partial charge in [0.05, 0.1) is 0 Å². The summed E-state index contributed by atoms with van der Waals surface area (Å²) in [6, 6.07) is 0. The maximum absolute atomic E-state index is 10.7. The van der Waals surface area contributed by atoms with Crippen LogP contribution < -0.4 is 16.4 Å². The fraction of sp³-hybridized carbons (Fsp3) is 0.667. The van der Waals surface area contributed by atoms with Gasteiger partial charge in [0.15, 0.2) is 0 Å². The molecular formula is C6H13N3O3. The van der Waals surface area contributed by atoms with Crippen molar-refractivity contribution < 1.29 is 14.7 Å². The Labute approximate surface area is 70.1 Å². The minimum absolute atomic E-state index is 0.162. The molecule has 0 saturated carbocycles. The van der Waals surface area contributed by atoms with Gasteiger partial charge < -0.3 is 21.5 Å². The molecule has 0 spiro atoms. The van der Waals surface area contributed by atoms with E-state index < -0.39 is 6.09 Å². The normalized spacial score (nSPS) is 9.08. The highest BCUT2D eigenvalue weighted by Gasteiger charge is 1.98. The van der Waals surface area contributed by atoms with Crippen LogP contribution in [0.25, 0.3) is 0 Å². The molecule has 0 aromatic heterocycles. The van der Waals surface area contributed by atoms with Crippen molar-refractivity contribution in [2.24, 2.45) is 5.73 Å². The van der Waals surface area contributed by atoms with Crippen molar-refractivity contribution in [3.05, 3.63) is 0 Å². The predicted octanol–water partition coefficient (Wildman–Crippen LogP) is -1.28. The summed E-state index contributed by atoms with van der Waals surface area (Å²) < 4.78 is 0. The zero-order chi connectivity index (χ0) is 9.40. The molecule has 0 rings (SSSR count). The quantitative estimate of drug-likeness (QED) is 0.390. The van der Waals surface area contributed by atoms with Crippen LogP contribution in [0.3, 0.4) is 0 Å². The summed E-state index contributed by atoms with van der Waals surface area (Å²) in [6.45, 7) is 0.814. The zero-order valence-electron chi connectivity index (χ0n) is 6.67. The molecule has 0 fully saturated rings. The summed E-state index contributed by atoms with van der Waals surface area (Å²) in [6.07, 6.45) is -0.823. The third kappa shape index (κ3) is 6.81. The van der Waals surface area contributed by atoms with Gasteiger partial charge in [0.2, 0.25) is 5.91 Å². The Kier molecular flexibility index (Phi) is 5.72. The van der Waals surface area contributed by atoms with Crippen molar-refractivity contribution in [1.29, 1.82) is 0 Å². The van der Waals surface area contributed by atoms with Gasteiger partial charge in [-0.1, -0.05) is 0 Å². The summed E-state index contributed by atoms with van der Waals surface area (Å²) >= 11 is 0. The van der Waals surface area contributed by atoms with Crippen molar-refractivity contribution in [3.8, 4) is 0 Å². The number of rotatable bonds is 5. The third-order valence-electron chi connectivity index (χ3n) is 1.09. The van der Waals surface area contributed by atoms with Gasteiger partial charge in [0, 0.05) is 26.1 Å². The van der Waals surface area contributed by atoms with E-state index in [1.54, 1.807) is 0 Å². The van der Waals surface area contributed by atoms with Gasteiger partial charge in [-0.25, -0.2) is 4.79 Å². The lowest BCUT2D eigenvalue weighted by molar-refractivity contribution is -0.120. The SMILES string of the molecule is NCCC(=O)NCCNC(=O)O. The van der Waals surface area contributed by atoms with Crippen LogP contribution in [0.1, 0.15) is 6.42 Å². The van der Waals surface area contributed by atoms with Crippen LogP contribution in [0, 0.1) is 0 Å². The molecule has 70 valence electrons. The van der Waals surface area contributed by atoms with Gasteiger partial charge in [-0.05, 0) is 0 Å². The van der Waals surface area contributed by atoms with E-state index >= 15 is 0 Å². The highest BCUT2D eigenvalue weighted by atomic mass is 16.4. The standard InChI is InChI=1S/C6H13N3O3/c7-2-1-5(10)8-3-4-9-6(11)12/h9H,1-4,7H2,(H,8,10)(H,11,12). The van der Waals surface area contributed by atoms with Gasteiger partial charge in [0.1, 0.15) is 0 Å². The van der Waals surface area contributed by atoms with E-state index in [2.05, 4.69) is 10.6 Å². The number of carboxylic acid groups (broad SMARTS) is 1. The molecule has 6 nitrogen and oxygen atoms in total. The van der Waals surface area contributed by atoms with Crippen LogP contribution in [0.15, 0.2) is 0 Å². The fourth-order valence-electron chi connectivity index (χ4n) is 0.591. The van der Waals surface area contributed by atoms with E-state index in [1.807, 2.05) is 0 Å². The summed E-state index contributed by atoms with van der Waals surface area (Å²) in [5, 5.41) is 12.7. The smallest absolute Gasteiger partial charge is 0.404 e. The van der Waals surface area contributed by atoms with Crippen LogP contribution in [0.5, 0.6) is 0 Å². The third-order valence-corrected chi connectivity index (χ3v) is 1.09. The second-order valence-electron chi connectivity index (χ2n) is 2.12. The second kappa shape index (κ2) is 6.41. The van der Waals surface area contributed by atoms with Crippen LogP contribution in [0.4, 0.5) is 4.79 Å². The van der Waals surface area contributed by atoms with Crippen LogP contribution in [-0.4, -0.2) is 36.7 Å². The number of nitrogens with two attached hydrogens (primary N) is 1. The van der Waals surface area contributed by atoms with Crippen molar-refractivity contribution in [3.63, 3.8) is 0 Å². The molecule has 0 radical (unpaired) electrons. The van der Waals surface area contributed by atoms with E-state index in [9.17, 15) is 9.59 Å². The number of hydrogen-bond donors (Lipinski definition) is 4. The lowest BCUT2D eigenvalue weighted by atomic mass is 10.4. The largest absolute Gasteiger partial charge is 0.465 e. The molecule has 0 saturated heterocycles. The number of hydrogen-bond acceptors (Lipinski definition) is 3. The monoisotopic (exact) mass is 175 g/mol. The van der Waals surface area contributed by atoms with Gasteiger partial charge in [-0.15, -0.1) is 0 Å². The Morgan fingerprint density at radius 1 is 1.25 bits per heavy atom. The first-order valence-corrected chi connectivity index (χ1v) is 3.60. The number of carbonyl (C=O) groups excluding carboxylic acids is 1. The minimum atomic E-state index is -1.09. The molecule has 0 unspecified atom stereocenters. The molecule has 0 aliphatic carbocycles. The van der Waals surface area contributed by atoms with E-state index in [1.165, 1.54) is 0 Å². The molecular weight excluding hydrogens is 162 g/mol. The lowest BCUT2D eigenvalue weighted by Gasteiger charge is -2.03. The lowest BCUT2D eigenvalue weighted by Crippen LogP contribution is -2.34. The Bertz CT molecular complexity index is 160. The van der Waals surface area contributed by atoms with Crippen LogP contribution >= 0.6 is 0 Å². The van der Waals surface area contributed by atoms with E-state index in [0.29, 0.717) is 13.1 Å². The first kappa shape index (κ1) is 10.7. The van der Waals surface area contributed by atoms with E-state index in [-0.39, 0.29) is 18.9 Å². The zero-order valence-corrected chi connectivity index (χ0v) is 6.67. The maximum Gasteiger partial charge on any atom is 0.404 e. The Morgan fingerprint density at radius 3 is 2.33 bits per heavy atom. The van der Waals surface area contributed by atoms with Gasteiger partial charge in [0.25, 0.3) is 0 Å². The maximum atomic E-state index is 10.7. The summed E-state index contributed by atoms with van der Waals surface area (Å²) in [5.41, 5.74) is 5.11. The fourth-order valence-corrected chi connectivity index (χ4v) is 0.591. The first-order chi connectivity index (χ1) is 5.66. The van der Waals surface area contributed by atoms with Gasteiger partial charge >= 0.3 is 6.09 Å². The molecule has 5 N–H and O–H groups in total. The average molecular weight is 175 g/mol. The van der Waals surface area contributed by atoms with Crippen molar-refractivity contribution in [2.75, 3.05) is 19.6 Å². The van der Waals surface area contributed by atoms with Crippen molar-refractivity contribution in [1.82, 2.24) is 10.6 Å². The number of nitrogens with one attached hydrogen (secondary N) is 2. The summed E-state index contributed by atoms with van der Waals surface area (Å²) in [7, 11) is 0. The molecule has 0 aliphatic heterocycles. The first-order valence-electron chi connectivity index (χ1n) is 3.60. The van der Waals surface area contributed by atoms with Crippen LogP contribution in [0.2, 0.25) is 0 Å². The average Bonchev–Trinajstić information content (AvgIpc) is 1.98. The highest BCUT2D eigenvalue weighted by molar-refractivity contribution is 5.76. The molecule has 0 aliphatic rings. The molecule has 0 aromatic rings. The Hall–Kier alpha value is -1.30. The van der Waals surface area contributed by atoms with Crippen molar-refractivity contribution >= 4 is 12.0 Å². The summed E-state index contributed by atoms with van der Waals surface area (Å²) in [5.74, 6) is -0.162. The second-order valence-corrected chi connectivity index (χ2v) is 2.12. The van der Waals surface area contributed by atoms with Crippen LogP contribution in [-0.2, 0) is 4.79 Å². The Morgan fingerprint density at radius 2 is 1.83 bits per heavy atom. The topological polar surface area (TPSA) is 104 Å². The molecule has 0 heterocycles. The molecule has 12 heavy (non-hydrogen) atoms. The van der Waals surface area contributed by atoms with Gasteiger partial charge in [-0.3, -0.25) is 4.79 Å².